The van der Waals surface area contributed by atoms with Crippen molar-refractivity contribution >= 4 is 5.82 Å². The van der Waals surface area contributed by atoms with Gasteiger partial charge < -0.3 is 14.7 Å². The van der Waals surface area contributed by atoms with Crippen molar-refractivity contribution in [2.24, 2.45) is 5.92 Å². The molecule has 3 rings (SSSR count). The molecule has 27 heavy (non-hydrogen) atoms. The molecular formula is C20H23F3N2O2. The van der Waals surface area contributed by atoms with Gasteiger partial charge in [-0.3, -0.25) is 0 Å². The highest BCUT2D eigenvalue weighted by Gasteiger charge is 2.30. The van der Waals surface area contributed by atoms with E-state index >= 15 is 0 Å². The van der Waals surface area contributed by atoms with Gasteiger partial charge in [0.25, 0.3) is 0 Å². The van der Waals surface area contributed by atoms with Gasteiger partial charge in [0.05, 0.1) is 6.20 Å². The zero-order valence-electron chi connectivity index (χ0n) is 15.0. The molecule has 2 heterocycles. The average Bonchev–Trinajstić information content (AvgIpc) is 2.63. The number of hydrogen-bond donors (Lipinski definition) is 1. The van der Waals surface area contributed by atoms with E-state index in [4.69, 9.17) is 0 Å². The molecule has 1 aromatic carbocycles. The van der Waals surface area contributed by atoms with Crippen LogP contribution in [0.25, 0.3) is 0 Å². The molecule has 2 aromatic rings. The largest absolute Gasteiger partial charge is 0.573 e. The molecule has 1 aliphatic heterocycles. The average molecular weight is 380 g/mol. The van der Waals surface area contributed by atoms with E-state index in [-0.39, 0.29) is 11.5 Å². The summed E-state index contributed by atoms with van der Waals surface area (Å²) in [6.07, 6.45) is 1.99. The summed E-state index contributed by atoms with van der Waals surface area (Å²) in [4.78, 5) is 6.48. The minimum Gasteiger partial charge on any atom is -0.506 e. The number of ether oxygens (including phenoxy) is 1. The van der Waals surface area contributed by atoms with Gasteiger partial charge >= 0.3 is 6.36 Å². The zero-order valence-corrected chi connectivity index (χ0v) is 15.0. The van der Waals surface area contributed by atoms with Crippen LogP contribution in [0.4, 0.5) is 19.0 Å². The van der Waals surface area contributed by atoms with Gasteiger partial charge in [-0.2, -0.15) is 0 Å². The van der Waals surface area contributed by atoms with Crippen molar-refractivity contribution in [3.63, 3.8) is 0 Å². The second-order valence-corrected chi connectivity index (χ2v) is 6.89. The normalized spacial score (nSPS) is 15.7. The molecule has 0 unspecified atom stereocenters. The first-order valence-electron chi connectivity index (χ1n) is 9.14. The van der Waals surface area contributed by atoms with Gasteiger partial charge in [-0.05, 0) is 67.9 Å². The Balaban J connectivity index is 1.38. The molecule has 0 aliphatic carbocycles. The Bertz CT molecular complexity index is 710. The maximum absolute atomic E-state index is 12.2. The van der Waals surface area contributed by atoms with Gasteiger partial charge in [0, 0.05) is 13.1 Å². The number of hydrogen-bond acceptors (Lipinski definition) is 4. The van der Waals surface area contributed by atoms with Crippen molar-refractivity contribution in [2.75, 3.05) is 18.0 Å². The Morgan fingerprint density at radius 3 is 2.37 bits per heavy atom. The lowest BCUT2D eigenvalue weighted by molar-refractivity contribution is -0.274. The number of halogens is 3. The molecule has 0 spiro atoms. The summed E-state index contributed by atoms with van der Waals surface area (Å²) in [5, 5.41) is 9.32. The third kappa shape index (κ3) is 6.05. The molecule has 0 bridgehead atoms. The Morgan fingerprint density at radius 1 is 1.07 bits per heavy atom. The van der Waals surface area contributed by atoms with E-state index in [1.165, 1.54) is 18.3 Å². The zero-order chi connectivity index (χ0) is 19.3. The van der Waals surface area contributed by atoms with Crippen LogP contribution in [0.3, 0.4) is 0 Å². The quantitative estimate of drug-likeness (QED) is 0.772. The fourth-order valence-electron chi connectivity index (χ4n) is 3.47. The minimum atomic E-state index is -4.65. The number of benzene rings is 1. The van der Waals surface area contributed by atoms with Gasteiger partial charge in [-0.1, -0.05) is 12.1 Å². The second kappa shape index (κ2) is 8.50. The minimum absolute atomic E-state index is 0.173. The molecule has 0 radical (unpaired) electrons. The van der Waals surface area contributed by atoms with Crippen molar-refractivity contribution in [1.82, 2.24) is 4.98 Å². The number of alkyl halides is 3. The molecule has 7 heteroatoms. The summed E-state index contributed by atoms with van der Waals surface area (Å²) < 4.78 is 40.4. The first kappa shape index (κ1) is 19.3. The predicted molar refractivity (Wildman–Crippen MR) is 96.9 cm³/mol. The summed E-state index contributed by atoms with van der Waals surface area (Å²) in [6.45, 7) is 1.90. The standard InChI is InChI=1S/C20H23F3N2O2/c21-20(22,23)27-18-7-4-15(5-8-18)2-1-3-16-10-12-25(13-11-16)19-9-6-17(26)14-24-19/h4-9,14,16,26H,1-3,10-13H2. The lowest BCUT2D eigenvalue weighted by Crippen LogP contribution is -2.34. The number of aryl methyl sites for hydroxylation is 1. The third-order valence-electron chi connectivity index (χ3n) is 4.91. The number of pyridine rings is 1. The lowest BCUT2D eigenvalue weighted by atomic mass is 9.91. The van der Waals surface area contributed by atoms with Crippen molar-refractivity contribution in [2.45, 2.75) is 38.5 Å². The van der Waals surface area contributed by atoms with E-state index in [0.29, 0.717) is 5.92 Å². The summed E-state index contributed by atoms with van der Waals surface area (Å²) in [5.41, 5.74) is 1.02. The first-order chi connectivity index (χ1) is 12.9. The number of aromatic hydroxyl groups is 1. The fraction of sp³-hybridized carbons (Fsp3) is 0.450. The Morgan fingerprint density at radius 2 is 1.78 bits per heavy atom. The highest BCUT2D eigenvalue weighted by molar-refractivity contribution is 5.40. The van der Waals surface area contributed by atoms with E-state index in [2.05, 4.69) is 14.6 Å². The van der Waals surface area contributed by atoms with Gasteiger partial charge in [0.1, 0.15) is 17.3 Å². The van der Waals surface area contributed by atoms with Crippen LogP contribution >= 0.6 is 0 Å². The van der Waals surface area contributed by atoms with E-state index in [9.17, 15) is 18.3 Å². The Kier molecular flexibility index (Phi) is 6.08. The monoisotopic (exact) mass is 380 g/mol. The van der Waals surface area contributed by atoms with Crippen LogP contribution in [0.1, 0.15) is 31.2 Å². The topological polar surface area (TPSA) is 45.6 Å². The van der Waals surface area contributed by atoms with E-state index in [1.54, 1.807) is 18.2 Å². The van der Waals surface area contributed by atoms with Crippen LogP contribution < -0.4 is 9.64 Å². The predicted octanol–water partition coefficient (Wildman–Crippen LogP) is 4.93. The number of aromatic nitrogens is 1. The van der Waals surface area contributed by atoms with Crippen molar-refractivity contribution in [3.8, 4) is 11.5 Å². The van der Waals surface area contributed by atoms with Gasteiger partial charge in [-0.25, -0.2) is 4.98 Å². The summed E-state index contributed by atoms with van der Waals surface area (Å²) in [6, 6.07) is 9.61. The van der Waals surface area contributed by atoms with Crippen LogP contribution in [0, 0.1) is 5.92 Å². The second-order valence-electron chi connectivity index (χ2n) is 6.89. The maximum Gasteiger partial charge on any atom is 0.573 e. The number of nitrogens with zero attached hydrogens (tertiary/aromatic N) is 2. The van der Waals surface area contributed by atoms with Gasteiger partial charge in [-0.15, -0.1) is 13.2 Å². The highest BCUT2D eigenvalue weighted by atomic mass is 19.4. The Hall–Kier alpha value is -2.44. The van der Waals surface area contributed by atoms with Crippen LogP contribution in [-0.2, 0) is 6.42 Å². The van der Waals surface area contributed by atoms with Crippen molar-refractivity contribution < 1.29 is 23.0 Å². The van der Waals surface area contributed by atoms with Gasteiger partial charge in [0.2, 0.25) is 0 Å². The summed E-state index contributed by atoms with van der Waals surface area (Å²) in [7, 11) is 0. The maximum atomic E-state index is 12.2. The highest BCUT2D eigenvalue weighted by Crippen LogP contribution is 2.27. The molecule has 1 aliphatic rings. The Labute approximate surface area is 156 Å². The molecular weight excluding hydrogens is 357 g/mol. The smallest absolute Gasteiger partial charge is 0.506 e. The molecule has 146 valence electrons. The molecule has 4 nitrogen and oxygen atoms in total. The van der Waals surface area contributed by atoms with E-state index < -0.39 is 6.36 Å². The van der Waals surface area contributed by atoms with Crippen molar-refractivity contribution in [1.29, 1.82) is 0 Å². The molecule has 1 aromatic heterocycles. The number of rotatable bonds is 6. The van der Waals surface area contributed by atoms with E-state index in [1.807, 2.05) is 6.07 Å². The molecule has 1 fully saturated rings. The summed E-state index contributed by atoms with van der Waals surface area (Å²) >= 11 is 0. The van der Waals surface area contributed by atoms with E-state index in [0.717, 1.165) is 56.6 Å². The fourth-order valence-corrected chi connectivity index (χ4v) is 3.47. The first-order valence-corrected chi connectivity index (χ1v) is 9.14. The molecule has 1 N–H and O–H groups in total. The molecule has 0 saturated carbocycles. The van der Waals surface area contributed by atoms with Crippen LogP contribution in [0.15, 0.2) is 42.6 Å². The van der Waals surface area contributed by atoms with Gasteiger partial charge in [0.15, 0.2) is 0 Å². The summed E-state index contributed by atoms with van der Waals surface area (Å²) in [5.74, 6) is 1.55. The number of anilines is 1. The van der Waals surface area contributed by atoms with Crippen molar-refractivity contribution in [3.05, 3.63) is 48.2 Å². The lowest BCUT2D eigenvalue weighted by Gasteiger charge is -2.32. The SMILES string of the molecule is Oc1ccc(N2CCC(CCCc3ccc(OC(F)(F)F)cc3)CC2)nc1. The number of piperidine rings is 1. The molecule has 1 saturated heterocycles. The van der Waals surface area contributed by atoms with Crippen LogP contribution in [0.5, 0.6) is 11.5 Å². The van der Waals surface area contributed by atoms with Crippen LogP contribution in [-0.4, -0.2) is 29.5 Å². The molecule has 0 atom stereocenters. The molecule has 0 amide bonds. The van der Waals surface area contributed by atoms with Crippen LogP contribution in [0.2, 0.25) is 0 Å². The third-order valence-corrected chi connectivity index (χ3v) is 4.91.